The van der Waals surface area contributed by atoms with Crippen molar-refractivity contribution in [3.8, 4) is 22.3 Å². The highest BCUT2D eigenvalue weighted by atomic mass is 19.2. The molecule has 0 unspecified atom stereocenters. The predicted octanol–water partition coefficient (Wildman–Crippen LogP) is 5.97. The van der Waals surface area contributed by atoms with E-state index in [1.54, 1.807) is 12.3 Å². The smallest absolute Gasteiger partial charge is 0.182 e. The van der Waals surface area contributed by atoms with Crippen LogP contribution < -0.4 is 10.2 Å². The van der Waals surface area contributed by atoms with E-state index in [2.05, 4.69) is 52.0 Å². The van der Waals surface area contributed by atoms with Crippen LogP contribution in [0.2, 0.25) is 0 Å². The van der Waals surface area contributed by atoms with E-state index < -0.39 is 11.6 Å². The summed E-state index contributed by atoms with van der Waals surface area (Å²) in [7, 11) is 2.20. The van der Waals surface area contributed by atoms with E-state index >= 15 is 0 Å². The quantitative estimate of drug-likeness (QED) is 0.346. The first kappa shape index (κ1) is 24.5. The van der Waals surface area contributed by atoms with Gasteiger partial charge in [-0.25, -0.2) is 13.8 Å². The molecule has 5 nitrogen and oxygen atoms in total. The number of hydrogen-bond donors (Lipinski definition) is 2. The van der Waals surface area contributed by atoms with Crippen molar-refractivity contribution in [2.75, 3.05) is 51.2 Å². The van der Waals surface area contributed by atoms with Crippen LogP contribution in [0.25, 0.3) is 38.9 Å². The van der Waals surface area contributed by atoms with Crippen LogP contribution in [0.1, 0.15) is 30.4 Å². The van der Waals surface area contributed by atoms with Crippen molar-refractivity contribution in [3.05, 3.63) is 78.1 Å². The highest BCUT2D eigenvalue weighted by molar-refractivity contribution is 5.96. The molecule has 2 aromatic heterocycles. The molecule has 2 saturated heterocycles. The fourth-order valence-corrected chi connectivity index (χ4v) is 6.83. The Morgan fingerprint density at radius 1 is 0.923 bits per heavy atom. The average molecular weight is 526 g/mol. The molecule has 0 radical (unpaired) electrons. The Morgan fingerprint density at radius 3 is 2.51 bits per heavy atom. The maximum atomic E-state index is 14.8. The number of benzene rings is 2. The molecule has 2 aliphatic heterocycles. The molecule has 4 aromatic rings. The predicted molar refractivity (Wildman–Crippen MR) is 154 cm³/mol. The molecule has 1 aliphatic carbocycles. The number of piperidine rings is 1. The van der Waals surface area contributed by atoms with Crippen LogP contribution in [0.5, 0.6) is 0 Å². The molecule has 0 amide bonds. The number of H-pyrrole nitrogens is 1. The summed E-state index contributed by atoms with van der Waals surface area (Å²) in [4.78, 5) is 12.3. The third-order valence-corrected chi connectivity index (χ3v) is 9.11. The third-order valence-electron chi connectivity index (χ3n) is 9.11. The highest BCUT2D eigenvalue weighted by Crippen LogP contribution is 2.51. The summed E-state index contributed by atoms with van der Waals surface area (Å²) in [6.07, 6.45) is 7.06. The van der Waals surface area contributed by atoms with Gasteiger partial charge in [-0.2, -0.15) is 0 Å². The molecule has 0 saturated carbocycles. The molecule has 3 aliphatic rings. The van der Waals surface area contributed by atoms with Crippen molar-refractivity contribution in [1.82, 2.24) is 20.2 Å². The van der Waals surface area contributed by atoms with Crippen LogP contribution in [-0.2, 0) is 5.41 Å². The van der Waals surface area contributed by atoms with Crippen LogP contribution >= 0.6 is 0 Å². The lowest BCUT2D eigenvalue weighted by Gasteiger charge is -2.38. The van der Waals surface area contributed by atoms with Gasteiger partial charge >= 0.3 is 0 Å². The second-order valence-corrected chi connectivity index (χ2v) is 11.5. The monoisotopic (exact) mass is 525 g/mol. The Morgan fingerprint density at radius 2 is 1.72 bits per heavy atom. The van der Waals surface area contributed by atoms with Crippen molar-refractivity contribution < 1.29 is 8.78 Å². The van der Waals surface area contributed by atoms with Gasteiger partial charge in [0.15, 0.2) is 11.6 Å². The number of nitrogens with zero attached hydrogens (tertiary/aromatic N) is 3. The Hall–Kier alpha value is -3.55. The van der Waals surface area contributed by atoms with E-state index in [-0.39, 0.29) is 5.41 Å². The van der Waals surface area contributed by atoms with Crippen LogP contribution in [0.4, 0.5) is 14.5 Å². The largest absolute Gasteiger partial charge is 0.367 e. The second kappa shape index (κ2) is 9.28. The van der Waals surface area contributed by atoms with Gasteiger partial charge in [0, 0.05) is 60.5 Å². The van der Waals surface area contributed by atoms with Crippen molar-refractivity contribution in [2.24, 2.45) is 0 Å². The molecule has 7 rings (SSSR count). The number of pyridine rings is 1. The number of hydrogen-bond acceptors (Lipinski definition) is 4. The lowest BCUT2D eigenvalue weighted by atomic mass is 9.73. The van der Waals surface area contributed by atoms with E-state index in [1.807, 2.05) is 17.2 Å². The van der Waals surface area contributed by atoms with Gasteiger partial charge in [0.25, 0.3) is 0 Å². The molecule has 7 heteroatoms. The van der Waals surface area contributed by atoms with E-state index in [0.717, 1.165) is 73.2 Å². The Balaban J connectivity index is 1.29. The SMILES string of the molecule is C=C1CC2(CCN(C)CC2)c2cc(-c3c[nH]c4ncc(-c5cc(F)c(F)c(N6CCNCC6)c5)cc34)ccc21. The van der Waals surface area contributed by atoms with Crippen molar-refractivity contribution in [1.29, 1.82) is 0 Å². The van der Waals surface area contributed by atoms with Gasteiger partial charge in [0.2, 0.25) is 0 Å². The van der Waals surface area contributed by atoms with Crippen LogP contribution in [-0.4, -0.2) is 61.2 Å². The molecule has 200 valence electrons. The van der Waals surface area contributed by atoms with Gasteiger partial charge in [0.1, 0.15) is 5.65 Å². The lowest BCUT2D eigenvalue weighted by Crippen LogP contribution is -2.44. The zero-order valence-corrected chi connectivity index (χ0v) is 22.3. The zero-order chi connectivity index (χ0) is 26.7. The van der Waals surface area contributed by atoms with E-state index in [1.165, 1.54) is 22.8 Å². The topological polar surface area (TPSA) is 47.2 Å². The van der Waals surface area contributed by atoms with Gasteiger partial charge in [-0.1, -0.05) is 18.7 Å². The standard InChI is InChI=1S/C32H33F2N5/c1-20-17-32(5-9-38(2)10-6-32)27-14-21(3-4-24(20)27)26-19-37-31-25(26)13-23(18-36-31)22-15-28(33)30(34)29(16-22)39-11-7-35-8-12-39/h3-4,13-16,18-19,35H,1,5-12,17H2,2H3,(H,36,37). The van der Waals surface area contributed by atoms with Gasteiger partial charge in [-0.15, -0.1) is 0 Å². The normalized spacial score (nSPS) is 19.3. The average Bonchev–Trinajstić information content (AvgIpc) is 3.50. The summed E-state index contributed by atoms with van der Waals surface area (Å²) in [6, 6.07) is 11.8. The van der Waals surface area contributed by atoms with Crippen molar-refractivity contribution in [2.45, 2.75) is 24.7 Å². The Bertz CT molecular complexity index is 1590. The van der Waals surface area contributed by atoms with Gasteiger partial charge in [-0.05, 0) is 91.5 Å². The van der Waals surface area contributed by atoms with Gasteiger partial charge in [0.05, 0.1) is 5.69 Å². The van der Waals surface area contributed by atoms with Crippen LogP contribution in [0.3, 0.4) is 0 Å². The number of likely N-dealkylation sites (tertiary alicyclic amines) is 1. The summed E-state index contributed by atoms with van der Waals surface area (Å²) < 4.78 is 29.6. The maximum absolute atomic E-state index is 14.8. The fourth-order valence-electron chi connectivity index (χ4n) is 6.83. The number of rotatable bonds is 3. The third kappa shape index (κ3) is 4.07. The summed E-state index contributed by atoms with van der Waals surface area (Å²) in [5.41, 5.74) is 8.78. The van der Waals surface area contributed by atoms with Gasteiger partial charge in [-0.3, -0.25) is 0 Å². The number of fused-ring (bicyclic) bond motifs is 3. The fraction of sp³-hybridized carbons (Fsp3) is 0.344. The minimum atomic E-state index is -0.835. The maximum Gasteiger partial charge on any atom is 0.182 e. The van der Waals surface area contributed by atoms with E-state index in [9.17, 15) is 8.78 Å². The van der Waals surface area contributed by atoms with Crippen molar-refractivity contribution in [3.63, 3.8) is 0 Å². The number of piperazine rings is 1. The molecule has 1 spiro atoms. The molecule has 2 fully saturated rings. The minimum Gasteiger partial charge on any atom is -0.367 e. The molecule has 0 bridgehead atoms. The minimum absolute atomic E-state index is 0.163. The van der Waals surface area contributed by atoms with Crippen molar-refractivity contribution >= 4 is 22.3 Å². The molecular formula is C32H33F2N5. The Labute approximate surface area is 227 Å². The highest BCUT2D eigenvalue weighted by Gasteiger charge is 2.42. The molecular weight excluding hydrogens is 492 g/mol. The van der Waals surface area contributed by atoms with Crippen LogP contribution in [0, 0.1) is 11.6 Å². The number of aromatic amines is 1. The summed E-state index contributed by atoms with van der Waals surface area (Å²) in [5.74, 6) is -1.63. The first-order valence-corrected chi connectivity index (χ1v) is 13.9. The Kier molecular flexibility index (Phi) is 5.83. The number of nitrogens with one attached hydrogen (secondary N) is 2. The number of allylic oxidation sites excluding steroid dienone is 1. The molecule has 4 heterocycles. The number of anilines is 1. The molecule has 2 aromatic carbocycles. The number of halogens is 2. The lowest BCUT2D eigenvalue weighted by molar-refractivity contribution is 0.194. The zero-order valence-electron chi connectivity index (χ0n) is 22.3. The first-order valence-electron chi connectivity index (χ1n) is 13.9. The molecule has 2 N–H and O–H groups in total. The molecule has 0 atom stereocenters. The van der Waals surface area contributed by atoms with Crippen LogP contribution in [0.15, 0.2) is 55.4 Å². The van der Waals surface area contributed by atoms with E-state index in [4.69, 9.17) is 0 Å². The van der Waals surface area contributed by atoms with E-state index in [0.29, 0.717) is 24.3 Å². The van der Waals surface area contributed by atoms with Gasteiger partial charge < -0.3 is 20.1 Å². The second-order valence-electron chi connectivity index (χ2n) is 11.5. The summed E-state index contributed by atoms with van der Waals surface area (Å²) in [6.45, 7) is 9.39. The number of aromatic nitrogens is 2. The summed E-state index contributed by atoms with van der Waals surface area (Å²) >= 11 is 0. The molecule has 39 heavy (non-hydrogen) atoms. The first-order chi connectivity index (χ1) is 18.9. The summed E-state index contributed by atoms with van der Waals surface area (Å²) in [5, 5.41) is 4.23.